The Kier molecular flexibility index (Phi) is 6.21. The Morgan fingerprint density at radius 3 is 2.76 bits per heavy atom. The molecular formula is C17H26N2O2. The topological polar surface area (TPSA) is 55.6 Å². The van der Waals surface area contributed by atoms with Gasteiger partial charge in [0.25, 0.3) is 0 Å². The summed E-state index contributed by atoms with van der Waals surface area (Å²) in [5, 5.41) is 0. The summed E-state index contributed by atoms with van der Waals surface area (Å²) in [7, 11) is 0. The smallest absolute Gasteiger partial charge is 0.222 e. The van der Waals surface area contributed by atoms with Crippen LogP contribution >= 0.6 is 0 Å². The highest BCUT2D eigenvalue weighted by atomic mass is 16.5. The molecule has 1 fully saturated rings. The highest BCUT2D eigenvalue weighted by molar-refractivity contribution is 5.76. The van der Waals surface area contributed by atoms with Crippen LogP contribution in [0.2, 0.25) is 0 Å². The van der Waals surface area contributed by atoms with Gasteiger partial charge in [0, 0.05) is 32.7 Å². The molecule has 2 N–H and O–H groups in total. The fourth-order valence-corrected chi connectivity index (χ4v) is 2.81. The molecule has 1 saturated heterocycles. The van der Waals surface area contributed by atoms with Crippen molar-refractivity contribution in [2.45, 2.75) is 51.8 Å². The minimum Gasteiger partial charge on any atom is -0.378 e. The predicted molar refractivity (Wildman–Crippen MR) is 83.6 cm³/mol. The van der Waals surface area contributed by atoms with Crippen LogP contribution in [0.15, 0.2) is 24.3 Å². The first-order valence-corrected chi connectivity index (χ1v) is 7.90. The largest absolute Gasteiger partial charge is 0.378 e. The lowest BCUT2D eigenvalue weighted by atomic mass is 10.1. The minimum absolute atomic E-state index is 0.208. The third-order valence-electron chi connectivity index (χ3n) is 4.14. The third-order valence-corrected chi connectivity index (χ3v) is 4.14. The van der Waals surface area contributed by atoms with Crippen LogP contribution in [0.1, 0.15) is 43.7 Å². The zero-order valence-electron chi connectivity index (χ0n) is 12.9. The average Bonchev–Trinajstić information content (AvgIpc) is 3.04. The molecule has 4 nitrogen and oxygen atoms in total. The molecule has 0 spiro atoms. The van der Waals surface area contributed by atoms with Crippen molar-refractivity contribution in [2.24, 2.45) is 5.73 Å². The zero-order chi connectivity index (χ0) is 15.1. The van der Waals surface area contributed by atoms with Gasteiger partial charge >= 0.3 is 0 Å². The van der Waals surface area contributed by atoms with E-state index in [2.05, 4.69) is 6.07 Å². The Morgan fingerprint density at radius 1 is 1.38 bits per heavy atom. The fraction of sp³-hybridized carbons (Fsp3) is 0.588. The number of nitrogens with zero attached hydrogens (tertiary/aromatic N) is 1. The standard InChI is InChI=1S/C17H26N2O2/c1-2-19(13-15-7-4-3-6-14(15)12-18)17(20)10-9-16-8-5-11-21-16/h3-4,6-7,16H,2,5,8-13,18H2,1H3. The number of hydrogen-bond donors (Lipinski definition) is 1. The first kappa shape index (κ1) is 16.0. The lowest BCUT2D eigenvalue weighted by Gasteiger charge is -2.23. The summed E-state index contributed by atoms with van der Waals surface area (Å²) in [5.74, 6) is 0.208. The van der Waals surface area contributed by atoms with Crippen molar-refractivity contribution in [1.29, 1.82) is 0 Å². The van der Waals surface area contributed by atoms with Gasteiger partial charge in [0.1, 0.15) is 0 Å². The van der Waals surface area contributed by atoms with E-state index in [-0.39, 0.29) is 12.0 Å². The van der Waals surface area contributed by atoms with E-state index in [1.165, 1.54) is 0 Å². The van der Waals surface area contributed by atoms with Crippen LogP contribution in [-0.4, -0.2) is 30.1 Å². The van der Waals surface area contributed by atoms with Gasteiger partial charge in [-0.2, -0.15) is 0 Å². The highest BCUT2D eigenvalue weighted by Crippen LogP contribution is 2.18. The third kappa shape index (κ3) is 4.55. The Hall–Kier alpha value is -1.39. The first-order chi connectivity index (χ1) is 10.2. The Balaban J connectivity index is 1.90. The molecular weight excluding hydrogens is 264 g/mol. The van der Waals surface area contributed by atoms with Crippen LogP contribution in [0, 0.1) is 0 Å². The van der Waals surface area contributed by atoms with E-state index in [0.717, 1.165) is 43.5 Å². The second-order valence-corrected chi connectivity index (χ2v) is 5.55. The molecule has 0 aliphatic carbocycles. The van der Waals surface area contributed by atoms with Crippen molar-refractivity contribution in [3.05, 3.63) is 35.4 Å². The molecule has 2 rings (SSSR count). The fourth-order valence-electron chi connectivity index (χ4n) is 2.81. The molecule has 1 aliphatic heterocycles. The van der Waals surface area contributed by atoms with Gasteiger partial charge in [-0.15, -0.1) is 0 Å². The van der Waals surface area contributed by atoms with Crippen LogP contribution in [0.3, 0.4) is 0 Å². The van der Waals surface area contributed by atoms with Crippen molar-refractivity contribution < 1.29 is 9.53 Å². The molecule has 0 radical (unpaired) electrons. The minimum atomic E-state index is 0.208. The van der Waals surface area contributed by atoms with E-state index in [1.807, 2.05) is 30.0 Å². The summed E-state index contributed by atoms with van der Waals surface area (Å²) < 4.78 is 5.58. The molecule has 1 heterocycles. The van der Waals surface area contributed by atoms with Crippen LogP contribution in [0.4, 0.5) is 0 Å². The van der Waals surface area contributed by atoms with E-state index < -0.39 is 0 Å². The summed E-state index contributed by atoms with van der Waals surface area (Å²) in [4.78, 5) is 14.3. The summed E-state index contributed by atoms with van der Waals surface area (Å²) in [6, 6.07) is 8.07. The normalized spacial score (nSPS) is 17.9. The molecule has 0 aromatic heterocycles. The number of amides is 1. The summed E-state index contributed by atoms with van der Waals surface area (Å²) >= 11 is 0. The monoisotopic (exact) mass is 290 g/mol. The van der Waals surface area contributed by atoms with Crippen LogP contribution < -0.4 is 5.73 Å². The molecule has 1 aromatic rings. The van der Waals surface area contributed by atoms with Crippen molar-refractivity contribution in [1.82, 2.24) is 4.90 Å². The van der Waals surface area contributed by atoms with Gasteiger partial charge in [0.2, 0.25) is 5.91 Å². The van der Waals surface area contributed by atoms with Gasteiger partial charge < -0.3 is 15.4 Å². The maximum Gasteiger partial charge on any atom is 0.222 e. The number of rotatable bonds is 7. The van der Waals surface area contributed by atoms with Crippen LogP contribution in [-0.2, 0) is 22.6 Å². The second-order valence-electron chi connectivity index (χ2n) is 5.55. The van der Waals surface area contributed by atoms with E-state index in [9.17, 15) is 4.79 Å². The van der Waals surface area contributed by atoms with Gasteiger partial charge in [-0.05, 0) is 37.3 Å². The number of nitrogens with two attached hydrogens (primary N) is 1. The van der Waals surface area contributed by atoms with E-state index in [4.69, 9.17) is 10.5 Å². The first-order valence-electron chi connectivity index (χ1n) is 7.90. The van der Waals surface area contributed by atoms with Gasteiger partial charge in [0.05, 0.1) is 6.10 Å². The summed E-state index contributed by atoms with van der Waals surface area (Å²) in [6.45, 7) is 4.75. The molecule has 0 bridgehead atoms. The van der Waals surface area contributed by atoms with Crippen LogP contribution in [0.25, 0.3) is 0 Å². The van der Waals surface area contributed by atoms with Crippen molar-refractivity contribution in [2.75, 3.05) is 13.2 Å². The lowest BCUT2D eigenvalue weighted by molar-refractivity contribution is -0.132. The highest BCUT2D eigenvalue weighted by Gasteiger charge is 2.19. The Morgan fingerprint density at radius 2 is 2.14 bits per heavy atom. The van der Waals surface area contributed by atoms with Gasteiger partial charge in [-0.25, -0.2) is 0 Å². The molecule has 1 amide bonds. The number of benzene rings is 1. The SMILES string of the molecule is CCN(Cc1ccccc1CN)C(=O)CCC1CCCO1. The predicted octanol–water partition coefficient (Wildman–Crippen LogP) is 2.45. The van der Waals surface area contributed by atoms with Gasteiger partial charge in [-0.3, -0.25) is 4.79 Å². The van der Waals surface area contributed by atoms with Crippen molar-refractivity contribution >= 4 is 5.91 Å². The molecule has 1 unspecified atom stereocenters. The second kappa shape index (κ2) is 8.15. The number of hydrogen-bond acceptors (Lipinski definition) is 3. The molecule has 4 heteroatoms. The summed E-state index contributed by atoms with van der Waals surface area (Å²) in [5.41, 5.74) is 8.02. The number of carbonyl (C=O) groups is 1. The molecule has 1 aromatic carbocycles. The molecule has 0 saturated carbocycles. The molecule has 116 valence electrons. The maximum atomic E-state index is 12.4. The molecule has 21 heavy (non-hydrogen) atoms. The van der Waals surface area contributed by atoms with Gasteiger partial charge in [0.15, 0.2) is 0 Å². The molecule has 1 aliphatic rings. The van der Waals surface area contributed by atoms with Crippen molar-refractivity contribution in [3.8, 4) is 0 Å². The van der Waals surface area contributed by atoms with Crippen molar-refractivity contribution in [3.63, 3.8) is 0 Å². The lowest BCUT2D eigenvalue weighted by Crippen LogP contribution is -2.31. The number of ether oxygens (including phenoxy) is 1. The zero-order valence-corrected chi connectivity index (χ0v) is 12.9. The van der Waals surface area contributed by atoms with Gasteiger partial charge in [-0.1, -0.05) is 24.3 Å². The molecule has 1 atom stereocenters. The Labute approximate surface area is 127 Å². The Bertz CT molecular complexity index is 456. The number of carbonyl (C=O) groups excluding carboxylic acids is 1. The van der Waals surface area contributed by atoms with E-state index in [0.29, 0.717) is 19.5 Å². The van der Waals surface area contributed by atoms with E-state index in [1.54, 1.807) is 0 Å². The van der Waals surface area contributed by atoms with E-state index >= 15 is 0 Å². The quantitative estimate of drug-likeness (QED) is 0.839. The summed E-state index contributed by atoms with van der Waals surface area (Å²) in [6.07, 6.45) is 3.91. The van der Waals surface area contributed by atoms with Crippen LogP contribution in [0.5, 0.6) is 0 Å². The maximum absolute atomic E-state index is 12.4. The average molecular weight is 290 g/mol.